The number of benzene rings is 1. The number of hydrogen-bond acceptors (Lipinski definition) is 4. The van der Waals surface area contributed by atoms with Gasteiger partial charge in [0.1, 0.15) is 0 Å². The van der Waals surface area contributed by atoms with E-state index in [2.05, 4.69) is 5.32 Å². The maximum atomic E-state index is 11.8. The van der Waals surface area contributed by atoms with E-state index in [9.17, 15) is 9.90 Å². The zero-order valence-electron chi connectivity index (χ0n) is 11.8. The Balaban J connectivity index is 2.65. The van der Waals surface area contributed by atoms with Crippen molar-refractivity contribution < 1.29 is 14.6 Å². The summed E-state index contributed by atoms with van der Waals surface area (Å²) in [7, 11) is 1.40. The molecule has 0 aliphatic carbocycles. The maximum Gasteiger partial charge on any atom is 0.314 e. The molecular weight excluding hydrogens is 242 g/mol. The monoisotopic (exact) mass is 265 g/mol. The molecule has 0 saturated heterocycles. The molecule has 0 radical (unpaired) electrons. The van der Waals surface area contributed by atoms with Crippen molar-refractivity contribution in [3.8, 4) is 0 Å². The van der Waals surface area contributed by atoms with Gasteiger partial charge in [-0.2, -0.15) is 0 Å². The van der Waals surface area contributed by atoms with Crippen LogP contribution < -0.4 is 5.32 Å². The summed E-state index contributed by atoms with van der Waals surface area (Å²) >= 11 is 0. The summed E-state index contributed by atoms with van der Waals surface area (Å²) in [6, 6.07) is 9.56. The first-order chi connectivity index (χ1) is 9.00. The molecule has 2 N–H and O–H groups in total. The van der Waals surface area contributed by atoms with E-state index in [0.29, 0.717) is 13.1 Å². The Hall–Kier alpha value is -1.39. The number of methoxy groups -OCH3 is 1. The number of carbonyl (C=O) groups excluding carboxylic acids is 1. The fraction of sp³-hybridized carbons (Fsp3) is 0.533. The summed E-state index contributed by atoms with van der Waals surface area (Å²) in [5.74, 6) is -0.568. The summed E-state index contributed by atoms with van der Waals surface area (Å²) in [6.07, 6.45) is 0. The van der Waals surface area contributed by atoms with Crippen molar-refractivity contribution in [2.45, 2.75) is 19.8 Å². The molecule has 0 saturated carbocycles. The van der Waals surface area contributed by atoms with E-state index in [1.807, 2.05) is 44.2 Å². The van der Waals surface area contributed by atoms with Crippen molar-refractivity contribution in [3.05, 3.63) is 35.9 Å². The predicted molar refractivity (Wildman–Crippen MR) is 74.9 cm³/mol. The molecule has 1 rings (SSSR count). The molecule has 0 fully saturated rings. The molecule has 0 aliphatic rings. The van der Waals surface area contributed by atoms with E-state index in [0.717, 1.165) is 5.56 Å². The van der Waals surface area contributed by atoms with E-state index < -0.39 is 0 Å². The predicted octanol–water partition coefficient (Wildman–Crippen LogP) is 1.55. The second-order valence-corrected chi connectivity index (χ2v) is 5.44. The van der Waals surface area contributed by atoms with Gasteiger partial charge in [-0.1, -0.05) is 44.2 Å². The Morgan fingerprint density at radius 1 is 1.37 bits per heavy atom. The van der Waals surface area contributed by atoms with Gasteiger partial charge in [-0.05, 0) is 5.56 Å². The maximum absolute atomic E-state index is 11.8. The van der Waals surface area contributed by atoms with Gasteiger partial charge in [-0.3, -0.25) is 4.79 Å². The molecule has 0 amide bonds. The van der Waals surface area contributed by atoms with Crippen LogP contribution in [0.4, 0.5) is 0 Å². The van der Waals surface area contributed by atoms with Gasteiger partial charge in [0, 0.05) is 25.1 Å². The zero-order chi connectivity index (χ0) is 14.3. The Bertz CT molecular complexity index is 390. The minimum atomic E-state index is -0.319. The normalized spacial score (nSPS) is 13.1. The van der Waals surface area contributed by atoms with Gasteiger partial charge in [0.2, 0.25) is 0 Å². The molecule has 0 heterocycles. The molecule has 0 spiro atoms. The summed E-state index contributed by atoms with van der Waals surface area (Å²) in [5.41, 5.74) is 0.737. The molecule has 0 aromatic heterocycles. The minimum Gasteiger partial charge on any atom is -0.469 e. The average molecular weight is 265 g/mol. The van der Waals surface area contributed by atoms with Crippen molar-refractivity contribution in [3.63, 3.8) is 0 Å². The smallest absolute Gasteiger partial charge is 0.314 e. The first-order valence-corrected chi connectivity index (χ1v) is 6.44. The highest BCUT2D eigenvalue weighted by Gasteiger charge is 2.22. The fourth-order valence-corrected chi connectivity index (χ4v) is 1.78. The van der Waals surface area contributed by atoms with Crippen molar-refractivity contribution in [1.29, 1.82) is 0 Å². The lowest BCUT2D eigenvalue weighted by Gasteiger charge is -2.23. The molecular formula is C15H23NO3. The van der Waals surface area contributed by atoms with E-state index in [1.54, 1.807) is 0 Å². The largest absolute Gasteiger partial charge is 0.469 e. The third-order valence-corrected chi connectivity index (χ3v) is 3.07. The SMILES string of the molecule is COC(=O)C(CNCC(C)(C)CO)c1ccccc1. The van der Waals surface area contributed by atoms with Crippen LogP contribution in [0.2, 0.25) is 0 Å². The number of aliphatic hydroxyl groups excluding tert-OH is 1. The van der Waals surface area contributed by atoms with Gasteiger partial charge in [0.05, 0.1) is 13.0 Å². The highest BCUT2D eigenvalue weighted by molar-refractivity contribution is 5.78. The van der Waals surface area contributed by atoms with Gasteiger partial charge in [-0.15, -0.1) is 0 Å². The summed E-state index contributed by atoms with van der Waals surface area (Å²) in [6.45, 7) is 5.18. The summed E-state index contributed by atoms with van der Waals surface area (Å²) < 4.78 is 4.85. The summed E-state index contributed by atoms with van der Waals surface area (Å²) in [5, 5.41) is 12.4. The van der Waals surface area contributed by atoms with Crippen molar-refractivity contribution in [2.24, 2.45) is 5.41 Å². The zero-order valence-corrected chi connectivity index (χ0v) is 11.8. The number of ether oxygens (including phenoxy) is 1. The van der Waals surface area contributed by atoms with Crippen molar-refractivity contribution in [2.75, 3.05) is 26.8 Å². The van der Waals surface area contributed by atoms with Gasteiger partial charge < -0.3 is 15.2 Å². The Morgan fingerprint density at radius 3 is 2.53 bits per heavy atom. The lowest BCUT2D eigenvalue weighted by Crippen LogP contribution is -2.36. The van der Waals surface area contributed by atoms with Crippen LogP contribution in [-0.2, 0) is 9.53 Å². The van der Waals surface area contributed by atoms with E-state index in [-0.39, 0.29) is 23.9 Å². The molecule has 1 aromatic carbocycles. The van der Waals surface area contributed by atoms with Crippen LogP contribution in [0.15, 0.2) is 30.3 Å². The standard InChI is InChI=1S/C15H23NO3/c1-15(2,11-17)10-16-9-13(14(18)19-3)12-7-5-4-6-8-12/h4-8,13,16-17H,9-11H2,1-3H3. The third-order valence-electron chi connectivity index (χ3n) is 3.07. The number of carbonyl (C=O) groups is 1. The van der Waals surface area contributed by atoms with E-state index >= 15 is 0 Å². The minimum absolute atomic E-state index is 0.105. The quantitative estimate of drug-likeness (QED) is 0.734. The third kappa shape index (κ3) is 5.01. The molecule has 1 aromatic rings. The highest BCUT2D eigenvalue weighted by Crippen LogP contribution is 2.17. The molecule has 106 valence electrons. The van der Waals surface area contributed by atoms with Crippen LogP contribution in [0.3, 0.4) is 0 Å². The molecule has 1 atom stereocenters. The summed E-state index contributed by atoms with van der Waals surface area (Å²) in [4.78, 5) is 11.8. The lowest BCUT2D eigenvalue weighted by atomic mass is 9.94. The van der Waals surface area contributed by atoms with Crippen LogP contribution >= 0.6 is 0 Å². The molecule has 1 unspecified atom stereocenters. The molecule has 4 heteroatoms. The van der Waals surface area contributed by atoms with Crippen molar-refractivity contribution >= 4 is 5.97 Å². The first kappa shape index (κ1) is 15.7. The van der Waals surface area contributed by atoms with E-state index in [4.69, 9.17) is 4.74 Å². The number of esters is 1. The Morgan fingerprint density at radius 2 is 2.00 bits per heavy atom. The highest BCUT2D eigenvalue weighted by atomic mass is 16.5. The van der Waals surface area contributed by atoms with Crippen LogP contribution in [0.1, 0.15) is 25.3 Å². The Labute approximate surface area is 114 Å². The van der Waals surface area contributed by atoms with Crippen LogP contribution in [0.25, 0.3) is 0 Å². The van der Waals surface area contributed by atoms with Crippen LogP contribution in [0, 0.1) is 5.41 Å². The van der Waals surface area contributed by atoms with Gasteiger partial charge in [0.25, 0.3) is 0 Å². The van der Waals surface area contributed by atoms with Gasteiger partial charge in [-0.25, -0.2) is 0 Å². The number of nitrogens with one attached hydrogen (secondary N) is 1. The molecule has 4 nitrogen and oxygen atoms in total. The molecule has 19 heavy (non-hydrogen) atoms. The molecule has 0 aliphatic heterocycles. The lowest BCUT2D eigenvalue weighted by molar-refractivity contribution is -0.142. The first-order valence-electron chi connectivity index (χ1n) is 6.44. The number of hydrogen-bond donors (Lipinski definition) is 2. The Kier molecular flexibility index (Phi) is 5.99. The number of rotatable bonds is 7. The fourth-order valence-electron chi connectivity index (χ4n) is 1.78. The topological polar surface area (TPSA) is 58.6 Å². The van der Waals surface area contributed by atoms with Crippen LogP contribution in [0.5, 0.6) is 0 Å². The second-order valence-electron chi connectivity index (χ2n) is 5.44. The molecule has 0 bridgehead atoms. The van der Waals surface area contributed by atoms with Gasteiger partial charge in [0.15, 0.2) is 0 Å². The van der Waals surface area contributed by atoms with Gasteiger partial charge >= 0.3 is 5.97 Å². The second kappa shape index (κ2) is 7.26. The average Bonchev–Trinajstić information content (AvgIpc) is 2.44. The van der Waals surface area contributed by atoms with Crippen molar-refractivity contribution in [1.82, 2.24) is 5.32 Å². The van der Waals surface area contributed by atoms with E-state index in [1.165, 1.54) is 7.11 Å². The number of aliphatic hydroxyl groups is 1. The van der Waals surface area contributed by atoms with Crippen LogP contribution in [-0.4, -0.2) is 37.9 Å².